The number of carbonyl (C=O) groups excluding carboxylic acids is 3. The molecule has 1 aromatic heterocycles. The molecule has 0 saturated heterocycles. The van der Waals surface area contributed by atoms with Crippen LogP contribution in [-0.4, -0.2) is 63.1 Å². The van der Waals surface area contributed by atoms with Crippen LogP contribution in [0, 0.1) is 0 Å². The first-order chi connectivity index (χ1) is 14.1. The third-order valence-corrected chi connectivity index (χ3v) is 4.53. The van der Waals surface area contributed by atoms with Crippen molar-refractivity contribution in [2.24, 2.45) is 11.5 Å². The third kappa shape index (κ3) is 5.78. The van der Waals surface area contributed by atoms with Gasteiger partial charge in [0.15, 0.2) is 0 Å². The van der Waals surface area contributed by atoms with Crippen LogP contribution in [-0.2, 0) is 25.6 Å². The van der Waals surface area contributed by atoms with Gasteiger partial charge in [-0.05, 0) is 18.6 Å². The van der Waals surface area contributed by atoms with Crippen LogP contribution in [0.15, 0.2) is 30.5 Å². The van der Waals surface area contributed by atoms with E-state index >= 15 is 0 Å². The number of hydrogen-bond acceptors (Lipinski definition) is 6. The smallest absolute Gasteiger partial charge is 0.326 e. The summed E-state index contributed by atoms with van der Waals surface area (Å²) in [4.78, 5) is 50.3. The molecule has 1 aromatic carbocycles. The molecule has 0 aliphatic rings. The lowest BCUT2D eigenvalue weighted by Crippen LogP contribution is -2.58. The minimum Gasteiger partial charge on any atom is -0.480 e. The van der Waals surface area contributed by atoms with E-state index in [1.54, 1.807) is 6.20 Å². The number of carbonyl (C=O) groups is 4. The van der Waals surface area contributed by atoms with E-state index < -0.39 is 54.3 Å². The van der Waals surface area contributed by atoms with E-state index in [2.05, 4.69) is 15.6 Å². The molecule has 4 atom stereocenters. The number of aromatic nitrogens is 1. The van der Waals surface area contributed by atoms with Crippen molar-refractivity contribution >= 4 is 34.6 Å². The van der Waals surface area contributed by atoms with Gasteiger partial charge in [-0.15, -0.1) is 0 Å². The molecule has 162 valence electrons. The number of carboxylic acids is 1. The molecule has 0 saturated carbocycles. The zero-order chi connectivity index (χ0) is 22.4. The van der Waals surface area contributed by atoms with Gasteiger partial charge >= 0.3 is 5.97 Å². The van der Waals surface area contributed by atoms with Gasteiger partial charge in [0.2, 0.25) is 17.7 Å². The number of aliphatic carboxylic acids is 1. The first-order valence-corrected chi connectivity index (χ1v) is 9.20. The van der Waals surface area contributed by atoms with Gasteiger partial charge in [-0.1, -0.05) is 18.2 Å². The van der Waals surface area contributed by atoms with Gasteiger partial charge in [-0.25, -0.2) is 4.79 Å². The highest BCUT2D eigenvalue weighted by atomic mass is 16.4. The Kier molecular flexibility index (Phi) is 7.50. The van der Waals surface area contributed by atoms with Crippen molar-refractivity contribution in [1.82, 2.24) is 15.6 Å². The number of nitrogens with one attached hydrogen (secondary N) is 3. The lowest BCUT2D eigenvalue weighted by Gasteiger charge is -2.24. The maximum Gasteiger partial charge on any atom is 0.326 e. The third-order valence-electron chi connectivity index (χ3n) is 4.53. The van der Waals surface area contributed by atoms with Gasteiger partial charge in [0.25, 0.3) is 0 Å². The molecule has 2 rings (SSSR count). The number of para-hydroxylation sites is 1. The number of benzene rings is 1. The Labute approximate surface area is 171 Å². The number of hydrogen-bond donors (Lipinski definition) is 7. The van der Waals surface area contributed by atoms with Gasteiger partial charge in [0.05, 0.1) is 18.6 Å². The summed E-state index contributed by atoms with van der Waals surface area (Å²) in [5, 5.41) is 24.8. The number of rotatable bonds is 10. The molecule has 0 fully saturated rings. The van der Waals surface area contributed by atoms with Crippen molar-refractivity contribution in [1.29, 1.82) is 0 Å². The van der Waals surface area contributed by atoms with Crippen molar-refractivity contribution in [3.8, 4) is 0 Å². The molecular weight excluding hydrogens is 394 g/mol. The molecule has 0 spiro atoms. The van der Waals surface area contributed by atoms with Gasteiger partial charge in [0.1, 0.15) is 12.1 Å². The van der Waals surface area contributed by atoms with E-state index in [9.17, 15) is 29.4 Å². The SMILES string of the molecule is CC(O)C(NC(=O)C(N)CC(N)=O)C(=O)NC(Cc1c[nH]c2ccccc12)C(=O)O. The van der Waals surface area contributed by atoms with Crippen molar-refractivity contribution in [3.05, 3.63) is 36.0 Å². The monoisotopic (exact) mass is 419 g/mol. The summed E-state index contributed by atoms with van der Waals surface area (Å²) < 4.78 is 0. The number of aliphatic hydroxyl groups excluding tert-OH is 1. The highest BCUT2D eigenvalue weighted by Gasteiger charge is 2.31. The molecule has 0 aliphatic heterocycles. The zero-order valence-electron chi connectivity index (χ0n) is 16.3. The molecule has 11 nitrogen and oxygen atoms in total. The van der Waals surface area contributed by atoms with Crippen LogP contribution < -0.4 is 22.1 Å². The summed E-state index contributed by atoms with van der Waals surface area (Å²) in [5.74, 6) is -3.87. The number of fused-ring (bicyclic) bond motifs is 1. The van der Waals surface area contributed by atoms with E-state index in [0.29, 0.717) is 5.56 Å². The summed E-state index contributed by atoms with van der Waals surface area (Å²) in [5.41, 5.74) is 12.0. The lowest BCUT2D eigenvalue weighted by molar-refractivity contribution is -0.143. The van der Waals surface area contributed by atoms with Crippen molar-refractivity contribution in [2.45, 2.75) is 44.0 Å². The fraction of sp³-hybridized carbons (Fsp3) is 0.368. The molecular formula is C19H25N5O6. The Morgan fingerprint density at radius 2 is 1.80 bits per heavy atom. The predicted molar refractivity (Wildman–Crippen MR) is 107 cm³/mol. The van der Waals surface area contributed by atoms with Crippen LogP contribution in [0.1, 0.15) is 18.9 Å². The predicted octanol–water partition coefficient (Wildman–Crippen LogP) is -1.65. The minimum atomic E-state index is -1.47. The normalized spacial score (nSPS) is 15.0. The maximum absolute atomic E-state index is 12.6. The highest BCUT2D eigenvalue weighted by Crippen LogP contribution is 2.19. The highest BCUT2D eigenvalue weighted by molar-refractivity contribution is 5.94. The molecule has 4 unspecified atom stereocenters. The fourth-order valence-corrected chi connectivity index (χ4v) is 2.96. The second-order valence-corrected chi connectivity index (χ2v) is 6.97. The lowest BCUT2D eigenvalue weighted by atomic mass is 10.0. The van der Waals surface area contributed by atoms with Gasteiger partial charge in [0, 0.05) is 23.5 Å². The van der Waals surface area contributed by atoms with E-state index in [0.717, 1.165) is 10.9 Å². The Hall–Kier alpha value is -3.44. The molecule has 0 aliphatic carbocycles. The van der Waals surface area contributed by atoms with Crippen LogP contribution in [0.5, 0.6) is 0 Å². The van der Waals surface area contributed by atoms with Crippen LogP contribution >= 0.6 is 0 Å². The van der Waals surface area contributed by atoms with Crippen LogP contribution in [0.4, 0.5) is 0 Å². The Morgan fingerprint density at radius 3 is 2.40 bits per heavy atom. The quantitative estimate of drug-likeness (QED) is 0.239. The second-order valence-electron chi connectivity index (χ2n) is 6.97. The zero-order valence-corrected chi connectivity index (χ0v) is 16.3. The van der Waals surface area contributed by atoms with E-state index in [-0.39, 0.29) is 6.42 Å². The average Bonchev–Trinajstić information content (AvgIpc) is 3.07. The van der Waals surface area contributed by atoms with Crippen LogP contribution in [0.25, 0.3) is 10.9 Å². The topological polar surface area (TPSA) is 201 Å². The number of nitrogens with two attached hydrogens (primary N) is 2. The Balaban J connectivity index is 2.12. The largest absolute Gasteiger partial charge is 0.480 e. The van der Waals surface area contributed by atoms with E-state index in [1.165, 1.54) is 6.92 Å². The Bertz CT molecular complexity index is 940. The van der Waals surface area contributed by atoms with Crippen LogP contribution in [0.2, 0.25) is 0 Å². The van der Waals surface area contributed by atoms with Gasteiger partial charge in [-0.3, -0.25) is 14.4 Å². The number of aromatic amines is 1. The molecule has 30 heavy (non-hydrogen) atoms. The molecule has 3 amide bonds. The molecule has 0 radical (unpaired) electrons. The van der Waals surface area contributed by atoms with Crippen molar-refractivity contribution < 1.29 is 29.4 Å². The number of amides is 3. The Morgan fingerprint density at radius 1 is 1.13 bits per heavy atom. The first kappa shape index (κ1) is 22.8. The van der Waals surface area contributed by atoms with Crippen molar-refractivity contribution in [3.63, 3.8) is 0 Å². The summed E-state index contributed by atoms with van der Waals surface area (Å²) >= 11 is 0. The number of primary amides is 1. The van der Waals surface area contributed by atoms with Crippen molar-refractivity contribution in [2.75, 3.05) is 0 Å². The van der Waals surface area contributed by atoms with Gasteiger partial charge in [-0.2, -0.15) is 0 Å². The van der Waals surface area contributed by atoms with E-state index in [4.69, 9.17) is 11.5 Å². The summed E-state index contributed by atoms with van der Waals surface area (Å²) in [6, 6.07) is 3.20. The molecule has 11 heteroatoms. The van der Waals surface area contributed by atoms with Gasteiger partial charge < -0.3 is 37.3 Å². The fourth-order valence-electron chi connectivity index (χ4n) is 2.96. The standard InChI is InChI=1S/C19H25N5O6/c1-9(25)16(24-17(27)12(20)7-15(21)26)18(28)23-14(19(29)30)6-10-8-22-13-5-3-2-4-11(10)13/h2-5,8-9,12,14,16,22,25H,6-7,20H2,1H3,(H2,21,26)(H,23,28)(H,24,27)(H,29,30). The first-order valence-electron chi connectivity index (χ1n) is 9.20. The maximum atomic E-state index is 12.6. The van der Waals surface area contributed by atoms with Crippen LogP contribution in [0.3, 0.4) is 0 Å². The van der Waals surface area contributed by atoms with E-state index in [1.807, 2.05) is 24.3 Å². The molecule has 1 heterocycles. The minimum absolute atomic E-state index is 0.0211. The second kappa shape index (κ2) is 9.85. The number of carboxylic acid groups (broad SMARTS) is 1. The average molecular weight is 419 g/mol. The molecule has 9 N–H and O–H groups in total. The number of H-pyrrole nitrogens is 1. The number of aliphatic hydroxyl groups is 1. The summed E-state index contributed by atoms with van der Waals surface area (Å²) in [7, 11) is 0. The molecule has 0 bridgehead atoms. The summed E-state index contributed by atoms with van der Waals surface area (Å²) in [6.45, 7) is 1.25. The summed E-state index contributed by atoms with van der Waals surface area (Å²) in [6.07, 6.45) is -0.161. The molecule has 2 aromatic rings.